The average molecular weight is 258 g/mol. The zero-order valence-electron chi connectivity index (χ0n) is 8.96. The quantitative estimate of drug-likeness (QED) is 0.705. The first-order valence-corrected chi connectivity index (χ1v) is 6.88. The van der Waals surface area contributed by atoms with Gasteiger partial charge in [-0.1, -0.05) is 11.8 Å². The van der Waals surface area contributed by atoms with E-state index in [1.54, 1.807) is 23.1 Å². The van der Waals surface area contributed by atoms with Crippen molar-refractivity contribution in [1.82, 2.24) is 4.98 Å². The Morgan fingerprint density at radius 1 is 1.06 bits per heavy atom. The number of hydrogen-bond donors (Lipinski definition) is 1. The highest BCUT2D eigenvalue weighted by molar-refractivity contribution is 7.99. The Balaban J connectivity index is 1.99. The molecular weight excluding hydrogens is 248 g/mol. The molecule has 0 amide bonds. The van der Waals surface area contributed by atoms with Gasteiger partial charge in [0.1, 0.15) is 0 Å². The third kappa shape index (κ3) is 2.14. The van der Waals surface area contributed by atoms with Gasteiger partial charge < -0.3 is 5.73 Å². The van der Waals surface area contributed by atoms with Crippen LogP contribution in [0.3, 0.4) is 0 Å². The maximum Gasteiger partial charge on any atom is 0.0821 e. The van der Waals surface area contributed by atoms with Gasteiger partial charge in [0.2, 0.25) is 0 Å². The van der Waals surface area contributed by atoms with Crippen LogP contribution in [0.5, 0.6) is 0 Å². The van der Waals surface area contributed by atoms with Gasteiger partial charge in [0.25, 0.3) is 0 Å². The molecule has 0 atom stereocenters. The van der Waals surface area contributed by atoms with E-state index in [0.717, 1.165) is 11.2 Å². The summed E-state index contributed by atoms with van der Waals surface area (Å²) in [6.45, 7) is 0. The third-order valence-corrected chi connectivity index (χ3v) is 4.55. The summed E-state index contributed by atoms with van der Waals surface area (Å²) >= 11 is 3.47. The largest absolute Gasteiger partial charge is 0.399 e. The fourth-order valence-corrected chi connectivity index (χ4v) is 3.47. The Morgan fingerprint density at radius 3 is 2.71 bits per heavy atom. The molecule has 2 nitrogen and oxygen atoms in total. The molecule has 3 rings (SSSR count). The summed E-state index contributed by atoms with van der Waals surface area (Å²) < 4.78 is 1.24. The number of nitrogen functional groups attached to an aromatic ring is 1. The predicted octanol–water partition coefficient (Wildman–Crippen LogP) is 4.03. The first kappa shape index (κ1) is 10.6. The van der Waals surface area contributed by atoms with E-state index in [1.807, 2.05) is 36.5 Å². The van der Waals surface area contributed by atoms with Crippen LogP contribution in [0.4, 0.5) is 5.69 Å². The highest BCUT2D eigenvalue weighted by atomic mass is 32.2. The number of rotatable bonds is 2. The number of hydrogen-bond acceptors (Lipinski definition) is 4. The number of thiophene rings is 1. The van der Waals surface area contributed by atoms with E-state index < -0.39 is 0 Å². The summed E-state index contributed by atoms with van der Waals surface area (Å²) in [5, 5.41) is 2.07. The van der Waals surface area contributed by atoms with Gasteiger partial charge in [0, 0.05) is 21.7 Å². The topological polar surface area (TPSA) is 38.9 Å². The minimum atomic E-state index is 0.797. The van der Waals surface area contributed by atoms with E-state index in [9.17, 15) is 0 Å². The van der Waals surface area contributed by atoms with Gasteiger partial charge in [-0.3, -0.25) is 4.98 Å². The lowest BCUT2D eigenvalue weighted by Gasteiger charge is -2.03. The summed E-state index contributed by atoms with van der Waals surface area (Å²) in [5.41, 5.74) is 7.54. The molecule has 2 aromatic heterocycles. The second kappa shape index (κ2) is 4.39. The number of pyridine rings is 1. The van der Waals surface area contributed by atoms with Gasteiger partial charge in [-0.25, -0.2) is 0 Å². The maximum atomic E-state index is 5.68. The van der Waals surface area contributed by atoms with Crippen LogP contribution >= 0.6 is 23.1 Å². The zero-order chi connectivity index (χ0) is 11.7. The Morgan fingerprint density at radius 2 is 1.88 bits per heavy atom. The van der Waals surface area contributed by atoms with E-state index >= 15 is 0 Å². The van der Waals surface area contributed by atoms with Crippen molar-refractivity contribution in [2.24, 2.45) is 0 Å². The minimum absolute atomic E-state index is 0.797. The molecule has 2 N–H and O–H groups in total. The second-order valence-corrected chi connectivity index (χ2v) is 5.65. The van der Waals surface area contributed by atoms with Crippen LogP contribution in [0, 0.1) is 0 Å². The van der Waals surface area contributed by atoms with Crippen LogP contribution in [0.2, 0.25) is 0 Å². The van der Waals surface area contributed by atoms with Crippen LogP contribution < -0.4 is 5.73 Å². The van der Waals surface area contributed by atoms with Crippen molar-refractivity contribution in [3.05, 3.63) is 48.0 Å². The van der Waals surface area contributed by atoms with Crippen molar-refractivity contribution in [2.75, 3.05) is 5.73 Å². The van der Waals surface area contributed by atoms with E-state index in [1.165, 1.54) is 14.5 Å². The second-order valence-electron chi connectivity index (χ2n) is 3.62. The molecule has 2 heterocycles. The van der Waals surface area contributed by atoms with Gasteiger partial charge in [0.05, 0.1) is 10.2 Å². The molecule has 0 spiro atoms. The van der Waals surface area contributed by atoms with E-state index in [0.29, 0.717) is 0 Å². The zero-order valence-corrected chi connectivity index (χ0v) is 10.6. The normalized spacial score (nSPS) is 10.8. The first-order valence-electron chi connectivity index (χ1n) is 5.18. The predicted molar refractivity (Wildman–Crippen MR) is 74.6 cm³/mol. The van der Waals surface area contributed by atoms with Gasteiger partial charge >= 0.3 is 0 Å². The van der Waals surface area contributed by atoms with Crippen LogP contribution in [-0.4, -0.2) is 4.98 Å². The maximum absolute atomic E-state index is 5.68. The lowest BCUT2D eigenvalue weighted by atomic mass is 10.3. The number of anilines is 1. The molecule has 4 heteroatoms. The smallest absolute Gasteiger partial charge is 0.0821 e. The fourth-order valence-electron chi connectivity index (χ4n) is 1.59. The van der Waals surface area contributed by atoms with Crippen LogP contribution in [-0.2, 0) is 0 Å². The van der Waals surface area contributed by atoms with Crippen molar-refractivity contribution in [3.8, 4) is 0 Å². The van der Waals surface area contributed by atoms with Gasteiger partial charge in [0.15, 0.2) is 0 Å². The minimum Gasteiger partial charge on any atom is -0.399 e. The Bertz CT molecular complexity index is 644. The van der Waals surface area contributed by atoms with Crippen molar-refractivity contribution in [2.45, 2.75) is 9.79 Å². The molecule has 84 valence electrons. The van der Waals surface area contributed by atoms with Crippen molar-refractivity contribution < 1.29 is 0 Å². The molecule has 0 radical (unpaired) electrons. The highest BCUT2D eigenvalue weighted by Gasteiger charge is 2.04. The Hall–Kier alpha value is -1.52. The van der Waals surface area contributed by atoms with Crippen molar-refractivity contribution in [3.63, 3.8) is 0 Å². The number of aromatic nitrogens is 1. The molecule has 0 aliphatic rings. The molecule has 0 fully saturated rings. The lowest BCUT2D eigenvalue weighted by Crippen LogP contribution is -1.82. The average Bonchev–Trinajstić information content (AvgIpc) is 2.81. The third-order valence-electron chi connectivity index (χ3n) is 2.42. The molecule has 0 saturated heterocycles. The standard InChI is InChI=1S/C13H10N2S2/c14-9-1-3-10(4-2-9)17-12-5-7-15-11-6-8-16-13(11)12/h1-8H,14H2. The Kier molecular flexibility index (Phi) is 2.74. The van der Waals surface area contributed by atoms with E-state index in [-0.39, 0.29) is 0 Å². The first-order chi connectivity index (χ1) is 8.33. The molecule has 0 saturated carbocycles. The Labute approximate surface area is 107 Å². The summed E-state index contributed by atoms with van der Waals surface area (Å²) in [7, 11) is 0. The van der Waals surface area contributed by atoms with Gasteiger partial charge in [-0.15, -0.1) is 11.3 Å². The van der Waals surface area contributed by atoms with Crippen molar-refractivity contribution >= 4 is 39.0 Å². The fraction of sp³-hybridized carbons (Fsp3) is 0. The number of nitrogens with two attached hydrogens (primary N) is 1. The summed E-state index contributed by atoms with van der Waals surface area (Å²) in [6, 6.07) is 12.0. The van der Waals surface area contributed by atoms with Crippen molar-refractivity contribution in [1.29, 1.82) is 0 Å². The summed E-state index contributed by atoms with van der Waals surface area (Å²) in [6.07, 6.45) is 1.86. The molecule has 0 unspecified atom stereocenters. The number of benzene rings is 1. The molecular formula is C13H10N2S2. The van der Waals surface area contributed by atoms with Crippen LogP contribution in [0.1, 0.15) is 0 Å². The summed E-state index contributed by atoms with van der Waals surface area (Å²) in [4.78, 5) is 6.77. The molecule has 17 heavy (non-hydrogen) atoms. The van der Waals surface area contributed by atoms with E-state index in [2.05, 4.69) is 16.4 Å². The number of fused-ring (bicyclic) bond motifs is 1. The molecule has 0 aliphatic heterocycles. The highest BCUT2D eigenvalue weighted by Crippen LogP contribution is 2.35. The SMILES string of the molecule is Nc1ccc(Sc2ccnc3ccsc23)cc1. The van der Waals surface area contributed by atoms with Crippen LogP contribution in [0.15, 0.2) is 57.8 Å². The number of nitrogens with zero attached hydrogens (tertiary/aromatic N) is 1. The van der Waals surface area contributed by atoms with E-state index in [4.69, 9.17) is 5.73 Å². The summed E-state index contributed by atoms with van der Waals surface area (Å²) in [5.74, 6) is 0. The lowest BCUT2D eigenvalue weighted by molar-refractivity contribution is 1.36. The molecule has 1 aromatic carbocycles. The molecule has 3 aromatic rings. The monoisotopic (exact) mass is 258 g/mol. The molecule has 0 bridgehead atoms. The van der Waals surface area contributed by atoms with Gasteiger partial charge in [-0.05, 0) is 41.8 Å². The van der Waals surface area contributed by atoms with Crippen LogP contribution in [0.25, 0.3) is 10.2 Å². The molecule has 0 aliphatic carbocycles. The van der Waals surface area contributed by atoms with Gasteiger partial charge in [-0.2, -0.15) is 0 Å².